The number of aryl methyl sites for hydroxylation is 2. The maximum atomic E-state index is 5.54. The first kappa shape index (κ1) is 20.3. The van der Waals surface area contributed by atoms with Crippen molar-refractivity contribution in [2.75, 3.05) is 14.2 Å². The third-order valence-electron chi connectivity index (χ3n) is 5.54. The molecule has 3 rings (SSSR count). The Morgan fingerprint density at radius 2 is 0.964 bits per heavy atom. The van der Waals surface area contributed by atoms with Crippen LogP contribution < -0.4 is 9.47 Å². The summed E-state index contributed by atoms with van der Waals surface area (Å²) in [7, 11) is 3.42. The van der Waals surface area contributed by atoms with Crippen LogP contribution in [0.2, 0.25) is 0 Å². The highest BCUT2D eigenvalue weighted by Gasteiger charge is 2.06. The first-order valence-corrected chi connectivity index (χ1v) is 10.7. The Kier molecular flexibility index (Phi) is 7.85. The monoisotopic (exact) mass is 376 g/mol. The summed E-state index contributed by atoms with van der Waals surface area (Å²) in [5.41, 5.74) is 4.58. The van der Waals surface area contributed by atoms with Gasteiger partial charge in [0.2, 0.25) is 0 Å². The zero-order valence-electron chi connectivity index (χ0n) is 17.4. The maximum absolute atomic E-state index is 5.54. The molecule has 0 N–H and O–H groups in total. The second kappa shape index (κ2) is 10.8. The highest BCUT2D eigenvalue weighted by molar-refractivity contribution is 5.55. The van der Waals surface area contributed by atoms with Crippen LogP contribution in [0.25, 0.3) is 0 Å². The summed E-state index contributed by atoms with van der Waals surface area (Å²) in [4.78, 5) is 0. The predicted molar refractivity (Wildman–Crippen MR) is 116 cm³/mol. The van der Waals surface area contributed by atoms with Crippen LogP contribution in [-0.4, -0.2) is 14.2 Å². The van der Waals surface area contributed by atoms with Crippen molar-refractivity contribution in [1.82, 2.24) is 0 Å². The maximum Gasteiger partial charge on any atom is 0.134 e. The van der Waals surface area contributed by atoms with Crippen LogP contribution in [0.15, 0.2) is 36.4 Å². The zero-order chi connectivity index (χ0) is 19.6. The molecule has 0 fully saturated rings. The molecule has 28 heavy (non-hydrogen) atoms. The third kappa shape index (κ3) is 5.80. The van der Waals surface area contributed by atoms with Crippen LogP contribution in [0, 0.1) is 11.8 Å². The SMILES string of the molecule is COc1ccc2cc1C#Cc1cc(ccc1OC)CCCCCCCCCC2. The number of ether oxygens (including phenoxy) is 2. The molecule has 0 aliphatic heterocycles. The van der Waals surface area contributed by atoms with E-state index in [4.69, 9.17) is 9.47 Å². The van der Waals surface area contributed by atoms with Gasteiger partial charge in [0.25, 0.3) is 0 Å². The number of rotatable bonds is 2. The summed E-state index contributed by atoms with van der Waals surface area (Å²) < 4.78 is 11.1. The molecule has 0 atom stereocenters. The van der Waals surface area contributed by atoms with Crippen molar-refractivity contribution in [2.24, 2.45) is 0 Å². The highest BCUT2D eigenvalue weighted by atomic mass is 16.5. The fourth-order valence-electron chi connectivity index (χ4n) is 3.87. The Balaban J connectivity index is 1.92. The molecular formula is C26H32O2. The number of hydrogen-bond acceptors (Lipinski definition) is 2. The summed E-state index contributed by atoms with van der Waals surface area (Å²) in [6.45, 7) is 0. The summed E-state index contributed by atoms with van der Waals surface area (Å²) in [6, 6.07) is 12.8. The molecule has 2 aromatic rings. The number of hydrogen-bond donors (Lipinski definition) is 0. The van der Waals surface area contributed by atoms with Crippen LogP contribution in [-0.2, 0) is 12.8 Å². The Hall–Kier alpha value is -2.40. The van der Waals surface area contributed by atoms with E-state index in [9.17, 15) is 0 Å². The minimum absolute atomic E-state index is 0.834. The van der Waals surface area contributed by atoms with Gasteiger partial charge in [0.05, 0.1) is 25.3 Å². The fourth-order valence-corrected chi connectivity index (χ4v) is 3.87. The molecular weight excluding hydrogens is 344 g/mol. The molecule has 2 nitrogen and oxygen atoms in total. The van der Waals surface area contributed by atoms with Gasteiger partial charge in [-0.3, -0.25) is 0 Å². The molecule has 2 heteroatoms. The van der Waals surface area contributed by atoms with E-state index < -0.39 is 0 Å². The van der Waals surface area contributed by atoms with Crippen molar-refractivity contribution in [3.05, 3.63) is 58.7 Å². The van der Waals surface area contributed by atoms with E-state index in [0.29, 0.717) is 0 Å². The predicted octanol–water partition coefficient (Wildman–Crippen LogP) is 6.32. The number of fused-ring (bicyclic) bond motifs is 4. The lowest BCUT2D eigenvalue weighted by Crippen LogP contribution is -1.94. The van der Waals surface area contributed by atoms with Crippen molar-refractivity contribution in [2.45, 2.75) is 64.2 Å². The van der Waals surface area contributed by atoms with Crippen molar-refractivity contribution in [3.63, 3.8) is 0 Å². The van der Waals surface area contributed by atoms with E-state index in [2.05, 4.69) is 36.1 Å². The summed E-state index contributed by atoms with van der Waals surface area (Å²) in [5.74, 6) is 8.34. The highest BCUT2D eigenvalue weighted by Crippen LogP contribution is 2.23. The molecule has 0 heterocycles. The lowest BCUT2D eigenvalue weighted by molar-refractivity contribution is 0.413. The van der Waals surface area contributed by atoms with Crippen LogP contribution in [0.3, 0.4) is 0 Å². The standard InChI is InChI=1S/C26H32O2/c1-27-25-17-13-21-11-9-7-5-3-4-6-8-10-12-22-14-18-26(28-2)24(20-22)16-15-23(25)19-21/h13-14,17-20H,3-12H2,1-2H3. The van der Waals surface area contributed by atoms with Gasteiger partial charge < -0.3 is 9.47 Å². The molecule has 0 radical (unpaired) electrons. The Labute approximate surface area is 170 Å². The van der Waals surface area contributed by atoms with Gasteiger partial charge in [-0.2, -0.15) is 0 Å². The Morgan fingerprint density at radius 3 is 1.36 bits per heavy atom. The van der Waals surface area contributed by atoms with Crippen LogP contribution in [0.4, 0.5) is 0 Å². The Morgan fingerprint density at radius 1 is 0.571 bits per heavy atom. The second-order valence-corrected chi connectivity index (χ2v) is 7.65. The fraction of sp³-hybridized carbons (Fsp3) is 0.462. The average molecular weight is 377 g/mol. The van der Waals surface area contributed by atoms with Crippen molar-refractivity contribution in [1.29, 1.82) is 0 Å². The normalized spacial score (nSPS) is 15.5. The number of methoxy groups -OCH3 is 2. The summed E-state index contributed by atoms with van der Waals surface area (Å²) >= 11 is 0. The molecule has 0 aromatic heterocycles. The van der Waals surface area contributed by atoms with E-state index in [0.717, 1.165) is 35.5 Å². The minimum atomic E-state index is 0.834. The third-order valence-corrected chi connectivity index (χ3v) is 5.54. The van der Waals surface area contributed by atoms with Crippen LogP contribution >= 0.6 is 0 Å². The van der Waals surface area contributed by atoms with Gasteiger partial charge in [0.1, 0.15) is 11.5 Å². The van der Waals surface area contributed by atoms with E-state index in [1.54, 1.807) is 14.2 Å². The lowest BCUT2D eigenvalue weighted by Gasteiger charge is -2.09. The zero-order valence-corrected chi connectivity index (χ0v) is 17.4. The smallest absolute Gasteiger partial charge is 0.134 e. The van der Waals surface area contributed by atoms with Crippen LogP contribution in [0.1, 0.15) is 73.6 Å². The van der Waals surface area contributed by atoms with Gasteiger partial charge >= 0.3 is 0 Å². The molecule has 2 aromatic carbocycles. The van der Waals surface area contributed by atoms with Gasteiger partial charge in [-0.05, 0) is 61.1 Å². The van der Waals surface area contributed by atoms with Crippen molar-refractivity contribution < 1.29 is 9.47 Å². The summed E-state index contributed by atoms with van der Waals surface area (Å²) in [5, 5.41) is 0. The first-order valence-electron chi connectivity index (χ1n) is 10.7. The van der Waals surface area contributed by atoms with Gasteiger partial charge in [0.15, 0.2) is 0 Å². The van der Waals surface area contributed by atoms with E-state index >= 15 is 0 Å². The molecule has 148 valence electrons. The van der Waals surface area contributed by atoms with Gasteiger partial charge in [0, 0.05) is 0 Å². The van der Waals surface area contributed by atoms with E-state index in [-0.39, 0.29) is 0 Å². The lowest BCUT2D eigenvalue weighted by atomic mass is 10.00. The molecule has 0 saturated heterocycles. The molecule has 0 unspecified atom stereocenters. The van der Waals surface area contributed by atoms with Gasteiger partial charge in [-0.1, -0.05) is 62.5 Å². The quantitative estimate of drug-likeness (QED) is 0.571. The molecule has 0 spiro atoms. The van der Waals surface area contributed by atoms with Gasteiger partial charge in [-0.25, -0.2) is 0 Å². The minimum Gasteiger partial charge on any atom is -0.495 e. The first-order chi connectivity index (χ1) is 13.8. The largest absolute Gasteiger partial charge is 0.495 e. The molecule has 1 aliphatic carbocycles. The van der Waals surface area contributed by atoms with Crippen molar-refractivity contribution >= 4 is 0 Å². The molecule has 4 bridgehead atoms. The molecule has 0 amide bonds. The summed E-state index contributed by atoms with van der Waals surface area (Å²) in [6.07, 6.45) is 12.8. The topological polar surface area (TPSA) is 18.5 Å². The second-order valence-electron chi connectivity index (χ2n) is 7.65. The molecule has 1 aliphatic rings. The number of benzene rings is 2. The van der Waals surface area contributed by atoms with Gasteiger partial charge in [-0.15, -0.1) is 0 Å². The van der Waals surface area contributed by atoms with E-state index in [1.165, 1.54) is 62.5 Å². The van der Waals surface area contributed by atoms with Crippen molar-refractivity contribution in [3.8, 4) is 23.3 Å². The Bertz CT molecular complexity index is 759. The van der Waals surface area contributed by atoms with E-state index in [1.807, 2.05) is 12.1 Å². The molecule has 0 saturated carbocycles. The van der Waals surface area contributed by atoms with Crippen LogP contribution in [0.5, 0.6) is 11.5 Å². The average Bonchev–Trinajstić information content (AvgIpc) is 2.73.